The fourth-order valence-corrected chi connectivity index (χ4v) is 5.77. The summed E-state index contributed by atoms with van der Waals surface area (Å²) in [4.78, 5) is 37.7. The molecule has 0 saturated heterocycles. The Morgan fingerprint density at radius 1 is 1.10 bits per heavy atom. The molecular weight excluding hydrogens is 743 g/mol. The minimum atomic E-state index is -4.24. The second-order valence-corrected chi connectivity index (χ2v) is 11.6. The number of esters is 1. The van der Waals surface area contributed by atoms with Crippen molar-refractivity contribution in [2.75, 3.05) is 12.4 Å². The van der Waals surface area contributed by atoms with Crippen LogP contribution in [-0.4, -0.2) is 43.1 Å². The maximum absolute atomic E-state index is 12.7. The van der Waals surface area contributed by atoms with E-state index < -0.39 is 52.1 Å². The van der Waals surface area contributed by atoms with Crippen LogP contribution in [-0.2, 0) is 24.4 Å². The van der Waals surface area contributed by atoms with Gasteiger partial charge in [0.1, 0.15) is 12.4 Å². The first-order valence-electron chi connectivity index (χ1n) is 8.61. The van der Waals surface area contributed by atoms with Crippen LogP contribution in [0.3, 0.4) is 0 Å². The van der Waals surface area contributed by atoms with Gasteiger partial charge in [-0.1, -0.05) is 12.8 Å². The van der Waals surface area contributed by atoms with Gasteiger partial charge < -0.3 is 4.74 Å². The Hall–Kier alpha value is -0.0700. The van der Waals surface area contributed by atoms with Crippen molar-refractivity contribution >= 4 is 95.7 Å². The van der Waals surface area contributed by atoms with Crippen LogP contribution >= 0.6 is 67.8 Å². The van der Waals surface area contributed by atoms with Gasteiger partial charge in [-0.25, -0.2) is 0 Å². The van der Waals surface area contributed by atoms with E-state index in [-0.39, 0.29) is 0 Å². The van der Waals surface area contributed by atoms with E-state index in [0.717, 1.165) is 23.6 Å². The zero-order valence-electron chi connectivity index (χ0n) is 15.0. The summed E-state index contributed by atoms with van der Waals surface area (Å²) >= 11 is 6.26. The number of ether oxygens (including phenoxy) is 1. The van der Waals surface area contributed by atoms with Crippen molar-refractivity contribution in [2.45, 2.75) is 25.7 Å². The average molecular weight is 761 g/mol. The molecular formula is C17H18I3NO7S. The van der Waals surface area contributed by atoms with E-state index in [1.807, 2.05) is 28.7 Å². The summed E-state index contributed by atoms with van der Waals surface area (Å²) in [5.74, 6) is -3.96. The summed E-state index contributed by atoms with van der Waals surface area (Å²) in [6.07, 6.45) is 2.30. The van der Waals surface area contributed by atoms with Crippen LogP contribution in [0.4, 0.5) is 0 Å². The molecule has 1 aromatic carbocycles. The highest BCUT2D eigenvalue weighted by atomic mass is 127. The Balaban J connectivity index is 2.07. The number of carbonyl (C=O) groups excluding carboxylic acids is 3. The van der Waals surface area contributed by atoms with Gasteiger partial charge in [-0.2, -0.15) is 8.42 Å². The normalized spacial score (nSPS) is 19.4. The number of amides is 2. The number of imide groups is 1. The monoisotopic (exact) mass is 761 g/mol. The van der Waals surface area contributed by atoms with E-state index in [1.54, 1.807) is 6.07 Å². The molecule has 8 nitrogen and oxygen atoms in total. The van der Waals surface area contributed by atoms with Crippen LogP contribution in [0.25, 0.3) is 0 Å². The Labute approximate surface area is 209 Å². The van der Waals surface area contributed by atoms with E-state index in [0.29, 0.717) is 18.4 Å². The van der Waals surface area contributed by atoms with Crippen molar-refractivity contribution in [1.29, 1.82) is 0 Å². The summed E-state index contributed by atoms with van der Waals surface area (Å²) in [5, 5.41) is 2.39. The molecule has 2 atom stereocenters. The summed E-state index contributed by atoms with van der Waals surface area (Å²) in [5.41, 5.74) is 0.387. The van der Waals surface area contributed by atoms with E-state index >= 15 is 0 Å². The number of carbonyl (C=O) groups is 3. The second kappa shape index (κ2) is 11.0. The Bertz CT molecular complexity index is 920. The van der Waals surface area contributed by atoms with Gasteiger partial charge in [-0.15, -0.1) is 0 Å². The second-order valence-electron chi connectivity index (χ2n) is 6.52. The highest BCUT2D eigenvalue weighted by molar-refractivity contribution is 14.1. The molecule has 1 fully saturated rings. The molecule has 1 aromatic rings. The van der Waals surface area contributed by atoms with Crippen molar-refractivity contribution in [3.8, 4) is 0 Å². The minimum Gasteiger partial charge on any atom is -0.464 e. The zero-order chi connectivity index (χ0) is 21.8. The molecule has 0 aromatic heterocycles. The molecule has 0 heterocycles. The molecule has 2 rings (SSSR count). The third-order valence-corrected chi connectivity index (χ3v) is 8.82. The predicted octanol–water partition coefficient (Wildman–Crippen LogP) is 2.99. The van der Waals surface area contributed by atoms with Crippen LogP contribution in [0.5, 0.6) is 0 Å². The fraction of sp³-hybridized carbons (Fsp3) is 0.471. The molecule has 2 N–H and O–H groups in total. The number of nitrogens with one attached hydrogen (secondary N) is 1. The number of halogens is 3. The van der Waals surface area contributed by atoms with E-state index in [2.05, 4.69) is 50.5 Å². The lowest BCUT2D eigenvalue weighted by molar-refractivity contribution is -0.154. The highest BCUT2D eigenvalue weighted by Gasteiger charge is 2.37. The molecule has 12 heteroatoms. The van der Waals surface area contributed by atoms with Crippen LogP contribution in [0, 0.1) is 22.5 Å². The van der Waals surface area contributed by atoms with E-state index in [4.69, 9.17) is 9.29 Å². The van der Waals surface area contributed by atoms with Gasteiger partial charge in [0, 0.05) is 10.7 Å². The van der Waals surface area contributed by atoms with Gasteiger partial charge in [-0.3, -0.25) is 24.3 Å². The summed E-state index contributed by atoms with van der Waals surface area (Å²) in [6.45, 7) is -0.486. The summed E-state index contributed by atoms with van der Waals surface area (Å²) < 4.78 is 37.7. The standard InChI is InChI=1S/C17H18I3NO7S/c18-9-7-12(14(20)13(19)8-9)16(23)21-15(22)10-3-1-2-4-11(10)17(24)28-5-6-29(25,26)27/h7-8,10-11H,1-6H2,(H,21,22,23)(H,25,26,27). The number of benzene rings is 1. The highest BCUT2D eigenvalue weighted by Crippen LogP contribution is 2.31. The van der Waals surface area contributed by atoms with Crippen molar-refractivity contribution in [3.05, 3.63) is 28.4 Å². The van der Waals surface area contributed by atoms with Crippen molar-refractivity contribution in [3.63, 3.8) is 0 Å². The lowest BCUT2D eigenvalue weighted by atomic mass is 9.78. The molecule has 0 spiro atoms. The SMILES string of the molecule is O=C(NC(=O)C1CCCCC1C(=O)OCCS(=O)(=O)O)c1cc(I)cc(I)c1I. The van der Waals surface area contributed by atoms with E-state index in [9.17, 15) is 22.8 Å². The van der Waals surface area contributed by atoms with Crippen LogP contribution in [0.2, 0.25) is 0 Å². The Morgan fingerprint density at radius 2 is 1.72 bits per heavy atom. The maximum Gasteiger partial charge on any atom is 0.309 e. The van der Waals surface area contributed by atoms with Crippen LogP contribution in [0.15, 0.2) is 12.1 Å². The topological polar surface area (TPSA) is 127 Å². The molecule has 2 unspecified atom stereocenters. The Kier molecular flexibility index (Phi) is 9.55. The van der Waals surface area contributed by atoms with Gasteiger partial charge >= 0.3 is 5.97 Å². The Morgan fingerprint density at radius 3 is 2.34 bits per heavy atom. The third-order valence-electron chi connectivity index (χ3n) is 4.47. The molecule has 0 radical (unpaired) electrons. The minimum absolute atomic E-state index is 0.387. The number of hydrogen-bond donors (Lipinski definition) is 2. The van der Waals surface area contributed by atoms with Crippen molar-refractivity contribution in [1.82, 2.24) is 5.32 Å². The quantitative estimate of drug-likeness (QED) is 0.150. The lowest BCUT2D eigenvalue weighted by Crippen LogP contribution is -2.43. The molecule has 1 aliphatic rings. The third kappa shape index (κ3) is 7.53. The van der Waals surface area contributed by atoms with Gasteiger partial charge in [0.15, 0.2) is 0 Å². The van der Waals surface area contributed by atoms with Gasteiger partial charge in [-0.05, 0) is 92.7 Å². The van der Waals surface area contributed by atoms with E-state index in [1.165, 1.54) is 0 Å². The van der Waals surface area contributed by atoms with Gasteiger partial charge in [0.25, 0.3) is 16.0 Å². The lowest BCUT2D eigenvalue weighted by Gasteiger charge is -2.28. The summed E-state index contributed by atoms with van der Waals surface area (Å²) in [7, 11) is -4.24. The predicted molar refractivity (Wildman–Crippen MR) is 130 cm³/mol. The first kappa shape index (κ1) is 25.2. The number of rotatable bonds is 6. The van der Waals surface area contributed by atoms with Crippen molar-refractivity contribution in [2.24, 2.45) is 11.8 Å². The average Bonchev–Trinajstić information content (AvgIpc) is 2.63. The first-order chi connectivity index (χ1) is 13.5. The molecule has 0 bridgehead atoms. The van der Waals surface area contributed by atoms with Crippen LogP contribution < -0.4 is 5.32 Å². The molecule has 0 aliphatic heterocycles. The smallest absolute Gasteiger partial charge is 0.309 e. The molecule has 1 aliphatic carbocycles. The van der Waals surface area contributed by atoms with Gasteiger partial charge in [0.2, 0.25) is 5.91 Å². The summed E-state index contributed by atoms with van der Waals surface area (Å²) in [6, 6.07) is 3.61. The maximum atomic E-state index is 12.7. The fourth-order valence-electron chi connectivity index (χ4n) is 3.07. The van der Waals surface area contributed by atoms with Crippen molar-refractivity contribution < 1.29 is 32.1 Å². The molecule has 1 saturated carbocycles. The molecule has 29 heavy (non-hydrogen) atoms. The molecule has 2 amide bonds. The first-order valence-corrected chi connectivity index (χ1v) is 13.5. The molecule has 160 valence electrons. The number of hydrogen-bond acceptors (Lipinski definition) is 6. The zero-order valence-corrected chi connectivity index (χ0v) is 22.3. The van der Waals surface area contributed by atoms with Gasteiger partial charge in [0.05, 0.1) is 17.4 Å². The van der Waals surface area contributed by atoms with Crippen LogP contribution in [0.1, 0.15) is 36.0 Å². The largest absolute Gasteiger partial charge is 0.464 e.